The number of nitriles is 2. The van der Waals surface area contributed by atoms with Crippen molar-refractivity contribution in [1.29, 1.82) is 10.5 Å². The van der Waals surface area contributed by atoms with E-state index in [1.165, 1.54) is 24.3 Å². The molecule has 0 aromatic heterocycles. The van der Waals surface area contributed by atoms with Gasteiger partial charge < -0.3 is 0 Å². The molecule has 0 saturated carbocycles. The Labute approximate surface area is 199 Å². The topological polar surface area (TPSA) is 47.6 Å². The van der Waals surface area contributed by atoms with Gasteiger partial charge in [-0.05, 0) is 36.4 Å². The molecule has 3 rings (SSSR count). The third kappa shape index (κ3) is 4.65. The number of rotatable bonds is 4. The third-order valence-electron chi connectivity index (χ3n) is 3.73. The van der Waals surface area contributed by atoms with Crippen LogP contribution in [0.3, 0.4) is 0 Å². The van der Waals surface area contributed by atoms with E-state index >= 15 is 8.78 Å². The molecule has 0 radical (unpaired) electrons. The van der Waals surface area contributed by atoms with Crippen LogP contribution in [0, 0.1) is 34.3 Å². The van der Waals surface area contributed by atoms with Gasteiger partial charge in [-0.1, -0.05) is 69.9 Å². The molecule has 0 bridgehead atoms. The molecule has 0 aliphatic carbocycles. The minimum Gasteiger partial charge on any atom is -0.204 e. The molecule has 0 heterocycles. The van der Waals surface area contributed by atoms with Gasteiger partial charge in [0.25, 0.3) is 0 Å². The van der Waals surface area contributed by atoms with E-state index in [1.807, 2.05) is 0 Å². The smallest absolute Gasteiger partial charge is 0.157 e. The summed E-state index contributed by atoms with van der Waals surface area (Å²) in [6, 6.07) is 12.2. The predicted molar refractivity (Wildman–Crippen MR) is 117 cm³/mol. The summed E-state index contributed by atoms with van der Waals surface area (Å²) in [5.74, 6) is -2.09. The van der Waals surface area contributed by atoms with Crippen LogP contribution >= 0.6 is 69.9 Å². The van der Waals surface area contributed by atoms with E-state index < -0.39 is 22.8 Å². The summed E-state index contributed by atoms with van der Waals surface area (Å²) in [5, 5.41) is 19.8. The quantitative estimate of drug-likeness (QED) is 0.347. The normalized spacial score (nSPS) is 10.5. The van der Waals surface area contributed by atoms with Crippen molar-refractivity contribution in [2.75, 3.05) is 0 Å². The van der Waals surface area contributed by atoms with Gasteiger partial charge in [-0.3, -0.25) is 0 Å². The first-order valence-electron chi connectivity index (χ1n) is 7.87. The predicted octanol–water partition coefficient (Wildman–Crippen LogP) is 8.62. The van der Waals surface area contributed by atoms with Crippen LogP contribution in [-0.2, 0) is 0 Å². The lowest BCUT2D eigenvalue weighted by atomic mass is 10.1. The maximum Gasteiger partial charge on any atom is 0.157 e. The van der Waals surface area contributed by atoms with E-state index in [2.05, 4.69) is 0 Å². The zero-order valence-corrected chi connectivity index (χ0v) is 19.1. The van der Waals surface area contributed by atoms with Gasteiger partial charge in [0.15, 0.2) is 11.6 Å². The van der Waals surface area contributed by atoms with Crippen molar-refractivity contribution >= 4 is 69.9 Å². The highest BCUT2D eigenvalue weighted by molar-refractivity contribution is 8.02. The third-order valence-corrected chi connectivity index (χ3v) is 7.50. The summed E-state index contributed by atoms with van der Waals surface area (Å²) in [6.45, 7) is 0. The van der Waals surface area contributed by atoms with Crippen molar-refractivity contribution in [1.82, 2.24) is 0 Å². The molecule has 30 heavy (non-hydrogen) atoms. The van der Waals surface area contributed by atoms with Crippen molar-refractivity contribution in [3.05, 3.63) is 79.3 Å². The Morgan fingerprint density at radius 1 is 0.667 bits per heavy atom. The first-order valence-corrected chi connectivity index (χ1v) is 11.0. The minimum atomic E-state index is -1.04. The summed E-state index contributed by atoms with van der Waals surface area (Å²) in [6.07, 6.45) is 0. The molecule has 0 aliphatic heterocycles. The van der Waals surface area contributed by atoms with Gasteiger partial charge in [-0.2, -0.15) is 10.5 Å². The van der Waals surface area contributed by atoms with Crippen LogP contribution < -0.4 is 0 Å². The number of nitrogens with zero attached hydrogens (tertiary/aromatic N) is 2. The van der Waals surface area contributed by atoms with Crippen LogP contribution in [0.5, 0.6) is 0 Å². The van der Waals surface area contributed by atoms with Crippen molar-refractivity contribution < 1.29 is 8.78 Å². The van der Waals surface area contributed by atoms with Crippen molar-refractivity contribution in [3.8, 4) is 12.1 Å². The molecule has 0 aliphatic rings. The number of hydrogen-bond acceptors (Lipinski definition) is 4. The van der Waals surface area contributed by atoms with Crippen LogP contribution in [0.1, 0.15) is 11.1 Å². The highest BCUT2D eigenvalue weighted by Gasteiger charge is 2.27. The van der Waals surface area contributed by atoms with Crippen LogP contribution in [0.25, 0.3) is 0 Å². The summed E-state index contributed by atoms with van der Waals surface area (Å²) in [4.78, 5) is 0.228. The molecule has 0 N–H and O–H groups in total. The zero-order valence-electron chi connectivity index (χ0n) is 14.4. The van der Waals surface area contributed by atoms with Crippen molar-refractivity contribution in [3.63, 3.8) is 0 Å². The Morgan fingerprint density at radius 3 is 1.37 bits per heavy atom. The molecule has 2 nitrogen and oxygen atoms in total. The number of hydrogen-bond donors (Lipinski definition) is 0. The highest BCUT2D eigenvalue weighted by Crippen LogP contribution is 2.47. The fraction of sp³-hybridized carbons (Fsp3) is 0. The summed E-state index contributed by atoms with van der Waals surface area (Å²) in [7, 11) is 0. The van der Waals surface area contributed by atoms with E-state index in [0.29, 0.717) is 19.8 Å². The fourth-order valence-corrected chi connectivity index (χ4v) is 5.45. The summed E-state index contributed by atoms with van der Waals surface area (Å²) >= 11 is 25.9. The molecule has 0 atom stereocenters. The summed E-state index contributed by atoms with van der Waals surface area (Å²) < 4.78 is 30.5. The van der Waals surface area contributed by atoms with Crippen LogP contribution in [0.15, 0.2) is 56.0 Å². The van der Waals surface area contributed by atoms with E-state index in [0.717, 1.165) is 23.5 Å². The van der Waals surface area contributed by atoms with E-state index in [-0.39, 0.29) is 19.8 Å². The van der Waals surface area contributed by atoms with Gasteiger partial charge in [-0.25, -0.2) is 8.78 Å². The lowest BCUT2D eigenvalue weighted by molar-refractivity contribution is 0.544. The molecule has 3 aromatic rings. The van der Waals surface area contributed by atoms with Gasteiger partial charge in [-0.15, -0.1) is 0 Å². The average molecular weight is 518 g/mol. The van der Waals surface area contributed by atoms with Crippen molar-refractivity contribution in [2.45, 2.75) is 19.6 Å². The number of benzene rings is 3. The molecule has 0 spiro atoms. The fourth-order valence-electron chi connectivity index (χ4n) is 2.37. The van der Waals surface area contributed by atoms with Crippen LogP contribution in [0.2, 0.25) is 20.1 Å². The lowest BCUT2D eigenvalue weighted by Crippen LogP contribution is -2.01. The molecular formula is C20H6Cl4F2N2S2. The van der Waals surface area contributed by atoms with Crippen molar-refractivity contribution in [2.24, 2.45) is 0 Å². The second-order valence-corrected chi connectivity index (χ2v) is 9.41. The summed E-state index contributed by atoms with van der Waals surface area (Å²) in [5.41, 5.74) is -1.39. The molecule has 0 saturated heterocycles. The molecule has 0 unspecified atom stereocenters. The van der Waals surface area contributed by atoms with Gasteiger partial charge in [0.2, 0.25) is 0 Å². The van der Waals surface area contributed by atoms with Gasteiger partial charge in [0.1, 0.15) is 23.3 Å². The number of halogens is 6. The standard InChI is InChI=1S/C20H6Cl4F2N2S2/c21-9-1-3-13(23)15(5-9)29-19-17(25)11(7-27)12(8-28)18(26)20(19)30-16-6-10(22)2-4-14(16)24/h1-6H. The molecule has 10 heteroatoms. The molecule has 0 fully saturated rings. The van der Waals surface area contributed by atoms with Gasteiger partial charge >= 0.3 is 0 Å². The average Bonchev–Trinajstić information content (AvgIpc) is 2.71. The lowest BCUT2D eigenvalue weighted by Gasteiger charge is -2.15. The van der Waals surface area contributed by atoms with E-state index in [4.69, 9.17) is 46.4 Å². The monoisotopic (exact) mass is 516 g/mol. The maximum absolute atomic E-state index is 15.3. The zero-order chi connectivity index (χ0) is 22.0. The largest absolute Gasteiger partial charge is 0.204 e. The Morgan fingerprint density at radius 2 is 1.03 bits per heavy atom. The van der Waals surface area contributed by atoms with E-state index in [1.54, 1.807) is 24.3 Å². The minimum absolute atomic E-state index is 0.228. The SMILES string of the molecule is N#Cc1c(F)c(Sc2cc(Cl)ccc2Cl)c(Sc2cc(Cl)ccc2Cl)c(F)c1C#N. The van der Waals surface area contributed by atoms with Crippen LogP contribution in [-0.4, -0.2) is 0 Å². The molecular weight excluding hydrogens is 512 g/mol. The first kappa shape index (κ1) is 23.0. The van der Waals surface area contributed by atoms with E-state index in [9.17, 15) is 10.5 Å². The first-order chi connectivity index (χ1) is 14.3. The second kappa shape index (κ2) is 9.66. The highest BCUT2D eigenvalue weighted by atomic mass is 35.5. The van der Waals surface area contributed by atoms with Crippen LogP contribution in [0.4, 0.5) is 8.78 Å². The Bertz CT molecular complexity index is 1160. The Kier molecular flexibility index (Phi) is 7.42. The Hall–Kier alpha value is -1.64. The molecule has 3 aromatic carbocycles. The van der Waals surface area contributed by atoms with Gasteiger partial charge in [0, 0.05) is 19.8 Å². The molecule has 0 amide bonds. The Balaban J connectivity index is 2.27. The van der Waals surface area contributed by atoms with Gasteiger partial charge in [0.05, 0.1) is 19.8 Å². The molecule has 150 valence electrons. The maximum atomic E-state index is 15.3. The second-order valence-electron chi connectivity index (χ2n) is 5.61.